The second-order valence-electron chi connectivity index (χ2n) is 7.26. The van der Waals surface area contributed by atoms with E-state index in [0.29, 0.717) is 36.4 Å². The summed E-state index contributed by atoms with van der Waals surface area (Å²) in [4.78, 5) is 14.5. The lowest BCUT2D eigenvalue weighted by Gasteiger charge is -2.33. The summed E-state index contributed by atoms with van der Waals surface area (Å²) in [6, 6.07) is 5.58. The van der Waals surface area contributed by atoms with Gasteiger partial charge in [0.2, 0.25) is 5.91 Å². The standard InChI is InChI=1S/C18H25N5O3S2/c24-17(20-16-7-8-19-23(16)15-4-1-2-5-15)14-21-9-11-22(12-10-21)28(25,26)18-6-3-13-27-18/h3,6-8,13,15H,1-2,4-5,9-12,14H2,(H,20,24). The lowest BCUT2D eigenvalue weighted by Crippen LogP contribution is -2.50. The van der Waals surface area contributed by atoms with Crippen molar-refractivity contribution in [2.24, 2.45) is 0 Å². The van der Waals surface area contributed by atoms with Gasteiger partial charge in [-0.25, -0.2) is 13.1 Å². The third-order valence-electron chi connectivity index (χ3n) is 5.40. The highest BCUT2D eigenvalue weighted by Crippen LogP contribution is 2.31. The smallest absolute Gasteiger partial charge is 0.252 e. The zero-order valence-corrected chi connectivity index (χ0v) is 17.3. The molecule has 2 aliphatic rings. The van der Waals surface area contributed by atoms with Crippen LogP contribution in [0.5, 0.6) is 0 Å². The van der Waals surface area contributed by atoms with Crippen molar-refractivity contribution in [2.45, 2.75) is 35.9 Å². The number of rotatable bonds is 6. The molecule has 0 radical (unpaired) electrons. The number of piperazine rings is 1. The van der Waals surface area contributed by atoms with Crippen LogP contribution in [0.15, 0.2) is 34.0 Å². The predicted molar refractivity (Wildman–Crippen MR) is 108 cm³/mol. The van der Waals surface area contributed by atoms with Crippen LogP contribution in [-0.2, 0) is 14.8 Å². The molecule has 1 aliphatic heterocycles. The molecule has 4 rings (SSSR count). The Bertz CT molecular complexity index is 896. The van der Waals surface area contributed by atoms with Crippen LogP contribution in [0, 0.1) is 0 Å². The van der Waals surface area contributed by atoms with Gasteiger partial charge in [-0.05, 0) is 24.3 Å². The third-order valence-corrected chi connectivity index (χ3v) is 8.67. The first kappa shape index (κ1) is 19.6. The maximum atomic E-state index is 12.6. The van der Waals surface area contributed by atoms with Gasteiger partial charge in [-0.1, -0.05) is 18.9 Å². The van der Waals surface area contributed by atoms with Gasteiger partial charge in [-0.15, -0.1) is 11.3 Å². The Morgan fingerprint density at radius 3 is 2.61 bits per heavy atom. The van der Waals surface area contributed by atoms with Gasteiger partial charge >= 0.3 is 0 Å². The molecule has 2 aromatic rings. The molecule has 10 heteroatoms. The predicted octanol–water partition coefficient (Wildman–Crippen LogP) is 2.00. The van der Waals surface area contributed by atoms with E-state index in [2.05, 4.69) is 10.4 Å². The van der Waals surface area contributed by atoms with E-state index in [4.69, 9.17) is 0 Å². The maximum absolute atomic E-state index is 12.6. The second-order valence-corrected chi connectivity index (χ2v) is 10.4. The quantitative estimate of drug-likeness (QED) is 0.768. The highest BCUT2D eigenvalue weighted by Gasteiger charge is 2.30. The van der Waals surface area contributed by atoms with Gasteiger partial charge in [0, 0.05) is 32.2 Å². The van der Waals surface area contributed by atoms with E-state index in [1.165, 1.54) is 28.5 Å². The Kier molecular flexibility index (Phi) is 5.81. The van der Waals surface area contributed by atoms with Crippen molar-refractivity contribution in [3.05, 3.63) is 29.8 Å². The average Bonchev–Trinajstić information content (AvgIpc) is 3.44. The number of thiophene rings is 1. The molecule has 1 amide bonds. The Balaban J connectivity index is 1.29. The zero-order valence-electron chi connectivity index (χ0n) is 15.7. The highest BCUT2D eigenvalue weighted by atomic mass is 32.2. The van der Waals surface area contributed by atoms with Crippen LogP contribution in [0.2, 0.25) is 0 Å². The summed E-state index contributed by atoms with van der Waals surface area (Å²) in [5, 5.41) is 9.11. The minimum atomic E-state index is -3.41. The summed E-state index contributed by atoms with van der Waals surface area (Å²) in [5.41, 5.74) is 0. The molecule has 1 N–H and O–H groups in total. The number of hydrogen-bond acceptors (Lipinski definition) is 6. The first-order valence-corrected chi connectivity index (χ1v) is 12.0. The van der Waals surface area contributed by atoms with Crippen molar-refractivity contribution in [1.29, 1.82) is 0 Å². The van der Waals surface area contributed by atoms with Gasteiger partial charge < -0.3 is 5.32 Å². The number of sulfonamides is 1. The number of aromatic nitrogens is 2. The number of hydrogen-bond donors (Lipinski definition) is 1. The van der Waals surface area contributed by atoms with E-state index in [1.54, 1.807) is 23.7 Å². The molecule has 0 atom stereocenters. The van der Waals surface area contributed by atoms with Crippen molar-refractivity contribution in [3.63, 3.8) is 0 Å². The van der Waals surface area contributed by atoms with E-state index in [1.807, 2.05) is 15.6 Å². The van der Waals surface area contributed by atoms with Crippen LogP contribution in [0.4, 0.5) is 5.82 Å². The monoisotopic (exact) mass is 423 g/mol. The van der Waals surface area contributed by atoms with Gasteiger partial charge in [-0.3, -0.25) is 9.69 Å². The maximum Gasteiger partial charge on any atom is 0.252 e. The summed E-state index contributed by atoms with van der Waals surface area (Å²) in [6.07, 6.45) is 6.34. The van der Waals surface area contributed by atoms with Gasteiger partial charge in [0.25, 0.3) is 10.0 Å². The lowest BCUT2D eigenvalue weighted by molar-refractivity contribution is -0.117. The number of anilines is 1. The molecule has 3 heterocycles. The summed E-state index contributed by atoms with van der Waals surface area (Å²) in [7, 11) is -3.41. The largest absolute Gasteiger partial charge is 0.310 e. The normalized spacial score (nSPS) is 19.9. The minimum absolute atomic E-state index is 0.0886. The minimum Gasteiger partial charge on any atom is -0.310 e. The van der Waals surface area contributed by atoms with Crippen molar-refractivity contribution in [1.82, 2.24) is 19.0 Å². The number of carbonyl (C=O) groups excluding carboxylic acids is 1. The van der Waals surface area contributed by atoms with Gasteiger partial charge in [0.05, 0.1) is 18.8 Å². The summed E-state index contributed by atoms with van der Waals surface area (Å²) >= 11 is 1.23. The fourth-order valence-corrected chi connectivity index (χ4v) is 6.47. The summed E-state index contributed by atoms with van der Waals surface area (Å²) in [6.45, 7) is 2.13. The molecule has 1 saturated heterocycles. The fraction of sp³-hybridized carbons (Fsp3) is 0.556. The van der Waals surface area contributed by atoms with Crippen molar-refractivity contribution in [2.75, 3.05) is 38.0 Å². The molecule has 28 heavy (non-hydrogen) atoms. The first-order chi connectivity index (χ1) is 13.5. The number of nitrogens with one attached hydrogen (secondary N) is 1. The molecule has 1 aliphatic carbocycles. The SMILES string of the molecule is O=C(CN1CCN(S(=O)(=O)c2cccs2)CC1)Nc1ccnn1C1CCCC1. The van der Waals surface area contributed by atoms with Crippen molar-refractivity contribution < 1.29 is 13.2 Å². The molecule has 2 fully saturated rings. The van der Waals surface area contributed by atoms with Crippen LogP contribution in [-0.4, -0.2) is 66.0 Å². The van der Waals surface area contributed by atoms with E-state index >= 15 is 0 Å². The van der Waals surface area contributed by atoms with Crippen LogP contribution >= 0.6 is 11.3 Å². The lowest BCUT2D eigenvalue weighted by atomic mass is 10.2. The Hall–Kier alpha value is -1.75. The summed E-state index contributed by atoms with van der Waals surface area (Å²) < 4.78 is 29.0. The highest BCUT2D eigenvalue weighted by molar-refractivity contribution is 7.91. The molecular formula is C18H25N5O3S2. The molecule has 2 aromatic heterocycles. The molecule has 8 nitrogen and oxygen atoms in total. The molecule has 0 bridgehead atoms. The number of nitrogens with zero attached hydrogens (tertiary/aromatic N) is 4. The van der Waals surface area contributed by atoms with Crippen molar-refractivity contribution >= 4 is 33.1 Å². The summed E-state index contributed by atoms with van der Waals surface area (Å²) in [5.74, 6) is 0.658. The van der Waals surface area contributed by atoms with Crippen LogP contribution in [0.1, 0.15) is 31.7 Å². The number of amides is 1. The molecule has 0 aromatic carbocycles. The number of carbonyl (C=O) groups is 1. The fourth-order valence-electron chi connectivity index (χ4n) is 3.90. The van der Waals surface area contributed by atoms with E-state index in [9.17, 15) is 13.2 Å². The molecule has 0 unspecified atom stereocenters. The van der Waals surface area contributed by atoms with E-state index in [-0.39, 0.29) is 12.5 Å². The van der Waals surface area contributed by atoms with Crippen LogP contribution in [0.25, 0.3) is 0 Å². The Labute approximate surface area is 169 Å². The topological polar surface area (TPSA) is 87.5 Å². The van der Waals surface area contributed by atoms with Gasteiger partial charge in [0.15, 0.2) is 0 Å². The third kappa shape index (κ3) is 4.14. The van der Waals surface area contributed by atoms with Gasteiger partial charge in [0.1, 0.15) is 10.0 Å². The Morgan fingerprint density at radius 2 is 1.93 bits per heavy atom. The molecule has 0 spiro atoms. The average molecular weight is 424 g/mol. The van der Waals surface area contributed by atoms with E-state index < -0.39 is 10.0 Å². The van der Waals surface area contributed by atoms with Gasteiger partial charge in [-0.2, -0.15) is 9.40 Å². The second kappa shape index (κ2) is 8.32. The van der Waals surface area contributed by atoms with Crippen LogP contribution < -0.4 is 5.32 Å². The van der Waals surface area contributed by atoms with Crippen LogP contribution in [0.3, 0.4) is 0 Å². The first-order valence-electron chi connectivity index (χ1n) is 9.63. The molecular weight excluding hydrogens is 398 g/mol. The van der Waals surface area contributed by atoms with Crippen molar-refractivity contribution in [3.8, 4) is 0 Å². The zero-order chi connectivity index (χ0) is 19.6. The molecule has 152 valence electrons. The van der Waals surface area contributed by atoms with E-state index in [0.717, 1.165) is 18.7 Å². The molecule has 1 saturated carbocycles. The Morgan fingerprint density at radius 1 is 1.18 bits per heavy atom.